The number of hydrogen-bond donors (Lipinski definition) is 0. The van der Waals surface area contributed by atoms with Crippen molar-refractivity contribution < 1.29 is 0 Å². The molecule has 0 aromatic heterocycles. The van der Waals surface area contributed by atoms with Gasteiger partial charge in [0.2, 0.25) is 0 Å². The third-order valence-electron chi connectivity index (χ3n) is 7.75. The van der Waals surface area contributed by atoms with E-state index in [0.29, 0.717) is 6.04 Å². The molecular formula is C28H28N2. The van der Waals surface area contributed by atoms with Gasteiger partial charge in [0.05, 0.1) is 11.6 Å². The van der Waals surface area contributed by atoms with E-state index in [9.17, 15) is 0 Å². The van der Waals surface area contributed by atoms with Crippen molar-refractivity contribution in [3.05, 3.63) is 108 Å². The second kappa shape index (κ2) is 6.84. The molecule has 2 fully saturated rings. The van der Waals surface area contributed by atoms with Crippen molar-refractivity contribution in [1.82, 2.24) is 4.90 Å². The van der Waals surface area contributed by atoms with E-state index in [-0.39, 0.29) is 11.0 Å². The van der Waals surface area contributed by atoms with E-state index in [4.69, 9.17) is 4.99 Å². The Morgan fingerprint density at radius 3 is 1.97 bits per heavy atom. The maximum atomic E-state index is 5.35. The molecule has 150 valence electrons. The lowest BCUT2D eigenvalue weighted by atomic mass is 9.66. The van der Waals surface area contributed by atoms with Crippen LogP contribution in [-0.4, -0.2) is 28.9 Å². The summed E-state index contributed by atoms with van der Waals surface area (Å²) in [6, 6.07) is 33.7. The fourth-order valence-electron chi connectivity index (χ4n) is 6.40. The average Bonchev–Trinajstić information content (AvgIpc) is 3.32. The van der Waals surface area contributed by atoms with E-state index in [1.807, 2.05) is 0 Å². The van der Waals surface area contributed by atoms with Crippen LogP contribution in [0.3, 0.4) is 0 Å². The van der Waals surface area contributed by atoms with E-state index in [2.05, 4.69) is 95.9 Å². The minimum atomic E-state index is 0.00802. The van der Waals surface area contributed by atoms with Crippen molar-refractivity contribution in [3.63, 3.8) is 0 Å². The lowest BCUT2D eigenvalue weighted by Crippen LogP contribution is -2.50. The highest BCUT2D eigenvalue weighted by atomic mass is 15.4. The summed E-state index contributed by atoms with van der Waals surface area (Å²) in [5.41, 5.74) is 4.31. The molecule has 1 aliphatic carbocycles. The number of rotatable bonds is 3. The van der Waals surface area contributed by atoms with Gasteiger partial charge in [-0.25, -0.2) is 0 Å². The van der Waals surface area contributed by atoms with Gasteiger partial charge in [-0.1, -0.05) is 104 Å². The second-order valence-electron chi connectivity index (χ2n) is 9.26. The van der Waals surface area contributed by atoms with Crippen LogP contribution in [0.4, 0.5) is 0 Å². The van der Waals surface area contributed by atoms with Crippen LogP contribution < -0.4 is 0 Å². The maximum absolute atomic E-state index is 5.35. The van der Waals surface area contributed by atoms with Crippen LogP contribution in [0.5, 0.6) is 0 Å². The van der Waals surface area contributed by atoms with Crippen molar-refractivity contribution in [1.29, 1.82) is 0 Å². The summed E-state index contributed by atoms with van der Waals surface area (Å²) in [7, 11) is 0. The summed E-state index contributed by atoms with van der Waals surface area (Å²) in [6.07, 6.45) is 6.23. The van der Waals surface area contributed by atoms with Crippen molar-refractivity contribution in [2.24, 2.45) is 4.99 Å². The number of benzene rings is 3. The lowest BCUT2D eigenvalue weighted by Gasteiger charge is -2.41. The smallest absolute Gasteiger partial charge is 0.131 e. The van der Waals surface area contributed by atoms with Gasteiger partial charge in [0, 0.05) is 17.5 Å². The number of nitrogens with zero attached hydrogens (tertiary/aromatic N) is 2. The average molecular weight is 393 g/mol. The Bertz CT molecular complexity index is 1020. The van der Waals surface area contributed by atoms with Crippen LogP contribution in [0.15, 0.2) is 96.0 Å². The Hall–Kier alpha value is -2.87. The first-order valence-electron chi connectivity index (χ1n) is 11.3. The molecule has 3 aromatic rings. The third-order valence-corrected chi connectivity index (χ3v) is 7.75. The molecule has 0 amide bonds. The summed E-state index contributed by atoms with van der Waals surface area (Å²) in [6.45, 7) is 1.01. The molecule has 2 atom stereocenters. The van der Waals surface area contributed by atoms with Gasteiger partial charge in [0.1, 0.15) is 5.84 Å². The van der Waals surface area contributed by atoms with Crippen molar-refractivity contribution in [3.8, 4) is 0 Å². The van der Waals surface area contributed by atoms with Gasteiger partial charge in [-0.3, -0.25) is 4.99 Å². The molecule has 6 rings (SSSR count). The molecule has 1 spiro atoms. The third kappa shape index (κ3) is 2.52. The largest absolute Gasteiger partial charge is 0.347 e. The second-order valence-corrected chi connectivity index (χ2v) is 9.26. The SMILES string of the molecule is c1ccc(C2=N[C@H]3CCCC[C@]34CC(c3ccccc3)(c3ccccc3)CN24)cc1. The fourth-order valence-corrected chi connectivity index (χ4v) is 6.40. The van der Waals surface area contributed by atoms with Crippen LogP contribution in [0, 0.1) is 0 Å². The number of aliphatic imine (C=N–C) groups is 1. The normalized spacial score (nSPS) is 26.7. The molecule has 2 nitrogen and oxygen atoms in total. The Morgan fingerprint density at radius 2 is 1.33 bits per heavy atom. The van der Waals surface area contributed by atoms with Crippen molar-refractivity contribution >= 4 is 5.84 Å². The van der Waals surface area contributed by atoms with Crippen molar-refractivity contribution in [2.75, 3.05) is 6.54 Å². The zero-order valence-corrected chi connectivity index (χ0v) is 17.4. The molecule has 0 N–H and O–H groups in total. The van der Waals surface area contributed by atoms with Gasteiger partial charge in [-0.15, -0.1) is 0 Å². The van der Waals surface area contributed by atoms with E-state index >= 15 is 0 Å². The van der Waals surface area contributed by atoms with Crippen molar-refractivity contribution in [2.45, 2.75) is 49.1 Å². The molecule has 0 bridgehead atoms. The molecule has 30 heavy (non-hydrogen) atoms. The maximum Gasteiger partial charge on any atom is 0.131 e. The van der Waals surface area contributed by atoms with Crippen LogP contribution in [0.25, 0.3) is 0 Å². The van der Waals surface area contributed by atoms with Crippen LogP contribution >= 0.6 is 0 Å². The highest BCUT2D eigenvalue weighted by Crippen LogP contribution is 2.56. The lowest BCUT2D eigenvalue weighted by molar-refractivity contribution is 0.158. The predicted octanol–water partition coefficient (Wildman–Crippen LogP) is 5.82. The van der Waals surface area contributed by atoms with Crippen LogP contribution in [0.2, 0.25) is 0 Å². The Balaban J connectivity index is 1.53. The molecule has 3 aliphatic rings. The Labute approximate surface area is 179 Å². The van der Waals surface area contributed by atoms with Gasteiger partial charge < -0.3 is 4.90 Å². The Morgan fingerprint density at radius 1 is 0.733 bits per heavy atom. The summed E-state index contributed by atoms with van der Waals surface area (Å²) in [5.74, 6) is 1.22. The van der Waals surface area contributed by atoms with E-state index in [1.54, 1.807) is 0 Å². The van der Waals surface area contributed by atoms with Gasteiger partial charge in [-0.05, 0) is 30.4 Å². The molecule has 1 saturated carbocycles. The van der Waals surface area contributed by atoms with Gasteiger partial charge in [-0.2, -0.15) is 0 Å². The molecule has 2 heterocycles. The molecule has 1 saturated heterocycles. The van der Waals surface area contributed by atoms with Gasteiger partial charge in [0.25, 0.3) is 0 Å². The first kappa shape index (κ1) is 17.9. The number of amidine groups is 1. The summed E-state index contributed by atoms with van der Waals surface area (Å²) >= 11 is 0. The zero-order valence-electron chi connectivity index (χ0n) is 17.4. The van der Waals surface area contributed by atoms with Crippen LogP contribution in [0.1, 0.15) is 48.8 Å². The highest BCUT2D eigenvalue weighted by Gasteiger charge is 2.62. The molecular weight excluding hydrogens is 364 g/mol. The molecule has 0 radical (unpaired) electrons. The fraction of sp³-hybridized carbons (Fsp3) is 0.321. The first-order chi connectivity index (χ1) is 14.8. The van der Waals surface area contributed by atoms with Gasteiger partial charge in [0.15, 0.2) is 0 Å². The summed E-state index contributed by atoms with van der Waals surface area (Å²) in [5, 5.41) is 0. The monoisotopic (exact) mass is 392 g/mol. The molecule has 3 aromatic carbocycles. The standard InChI is InChI=1S/C28H28N2/c1-4-12-22(13-5-1)26-29-25-18-10-11-19-28(25)20-27(21-30(26)28,23-14-6-2-7-15-23)24-16-8-3-9-17-24/h1-9,12-17,25H,10-11,18-21H2/t25-,28-/m0/s1. The zero-order chi connectivity index (χ0) is 20.0. The van der Waals surface area contributed by atoms with Gasteiger partial charge >= 0.3 is 0 Å². The molecule has 2 aliphatic heterocycles. The van der Waals surface area contributed by atoms with E-state index in [1.165, 1.54) is 48.2 Å². The summed E-state index contributed by atoms with van der Waals surface area (Å²) < 4.78 is 0. The highest BCUT2D eigenvalue weighted by molar-refractivity contribution is 6.01. The molecule has 0 unspecified atom stereocenters. The van der Waals surface area contributed by atoms with E-state index in [0.717, 1.165) is 13.0 Å². The Kier molecular flexibility index (Phi) is 4.09. The predicted molar refractivity (Wildman–Crippen MR) is 123 cm³/mol. The summed E-state index contributed by atoms with van der Waals surface area (Å²) in [4.78, 5) is 8.07. The van der Waals surface area contributed by atoms with Crippen LogP contribution in [-0.2, 0) is 5.41 Å². The molecule has 2 heteroatoms. The first-order valence-corrected chi connectivity index (χ1v) is 11.3. The van der Waals surface area contributed by atoms with E-state index < -0.39 is 0 Å². The number of hydrogen-bond acceptors (Lipinski definition) is 2. The quantitative estimate of drug-likeness (QED) is 0.548. The minimum Gasteiger partial charge on any atom is -0.347 e. The topological polar surface area (TPSA) is 15.6 Å². The minimum absolute atomic E-state index is 0.00802.